The molecule has 3 rings (SSSR count). The van der Waals surface area contributed by atoms with Crippen LogP contribution in [-0.2, 0) is 11.3 Å². The van der Waals surface area contributed by atoms with Crippen molar-refractivity contribution < 1.29 is 13.9 Å². The second-order valence-electron chi connectivity index (χ2n) is 6.09. The van der Waals surface area contributed by atoms with Crippen LogP contribution in [0.25, 0.3) is 11.4 Å². The molecule has 0 aliphatic heterocycles. The van der Waals surface area contributed by atoms with Crippen LogP contribution in [0.1, 0.15) is 11.3 Å². The average molecular weight is 397 g/mol. The number of hydrogen-bond donors (Lipinski definition) is 1. The number of halogens is 1. The summed E-state index contributed by atoms with van der Waals surface area (Å²) in [5, 5.41) is 3.55. The second kappa shape index (κ2) is 9.32. The van der Waals surface area contributed by atoms with Crippen molar-refractivity contribution in [3.63, 3.8) is 0 Å². The van der Waals surface area contributed by atoms with E-state index in [0.29, 0.717) is 23.0 Å². The highest BCUT2D eigenvalue weighted by Gasteiger charge is 2.09. The molecule has 7 heteroatoms. The van der Waals surface area contributed by atoms with Gasteiger partial charge >= 0.3 is 0 Å². The first kappa shape index (κ1) is 19.8. The van der Waals surface area contributed by atoms with Crippen molar-refractivity contribution in [3.8, 4) is 17.1 Å². The summed E-state index contributed by atoms with van der Waals surface area (Å²) in [6, 6.07) is 15.5. The topological polar surface area (TPSA) is 64.1 Å². The summed E-state index contributed by atoms with van der Waals surface area (Å²) in [6.45, 7) is 2.29. The van der Waals surface area contributed by atoms with Crippen molar-refractivity contribution in [1.82, 2.24) is 15.3 Å². The van der Waals surface area contributed by atoms with Gasteiger partial charge in [0.25, 0.3) is 0 Å². The first-order valence-corrected chi connectivity index (χ1v) is 9.66. The maximum atomic E-state index is 13.5. The summed E-state index contributed by atoms with van der Waals surface area (Å²) in [7, 11) is 1.61. The van der Waals surface area contributed by atoms with Gasteiger partial charge in [-0.15, -0.1) is 0 Å². The van der Waals surface area contributed by atoms with E-state index in [1.165, 1.54) is 23.9 Å². The van der Waals surface area contributed by atoms with Crippen LogP contribution in [0.15, 0.2) is 59.6 Å². The summed E-state index contributed by atoms with van der Waals surface area (Å²) < 4.78 is 18.6. The maximum absolute atomic E-state index is 13.5. The Morgan fingerprint density at radius 2 is 1.93 bits per heavy atom. The highest BCUT2D eigenvalue weighted by Crippen LogP contribution is 2.22. The predicted octanol–water partition coefficient (Wildman–Crippen LogP) is 4.01. The fourth-order valence-corrected chi connectivity index (χ4v) is 3.29. The van der Waals surface area contributed by atoms with Crippen LogP contribution < -0.4 is 10.1 Å². The normalized spacial score (nSPS) is 10.5. The predicted molar refractivity (Wildman–Crippen MR) is 108 cm³/mol. The number of ether oxygens (including phenoxy) is 1. The number of carbonyl (C=O) groups is 1. The first-order chi connectivity index (χ1) is 13.5. The lowest BCUT2D eigenvalue weighted by Crippen LogP contribution is -2.24. The summed E-state index contributed by atoms with van der Waals surface area (Å²) in [5.74, 6) is 1.02. The van der Waals surface area contributed by atoms with Gasteiger partial charge in [0.05, 0.1) is 12.9 Å². The minimum atomic E-state index is -0.338. The Morgan fingerprint density at radius 1 is 1.14 bits per heavy atom. The van der Waals surface area contributed by atoms with Gasteiger partial charge in [0.1, 0.15) is 16.6 Å². The van der Waals surface area contributed by atoms with E-state index in [1.54, 1.807) is 19.2 Å². The van der Waals surface area contributed by atoms with Gasteiger partial charge in [-0.2, -0.15) is 0 Å². The molecule has 0 aliphatic carbocycles. The Hall–Kier alpha value is -2.93. The third-order valence-electron chi connectivity index (χ3n) is 3.91. The number of aromatic nitrogens is 2. The molecular weight excluding hydrogens is 377 g/mol. The second-order valence-corrected chi connectivity index (χ2v) is 7.09. The molecule has 0 fully saturated rings. The zero-order chi connectivity index (χ0) is 19.9. The monoisotopic (exact) mass is 397 g/mol. The Balaban J connectivity index is 1.58. The first-order valence-electron chi connectivity index (χ1n) is 8.67. The number of nitrogens with one attached hydrogen (secondary N) is 1. The van der Waals surface area contributed by atoms with E-state index in [1.807, 2.05) is 37.3 Å². The van der Waals surface area contributed by atoms with E-state index in [9.17, 15) is 9.18 Å². The molecule has 0 saturated heterocycles. The SMILES string of the molecule is COc1ccc(CNC(=O)CSc2cc(C)nc(-c3cccc(F)c3)n2)cc1. The fraction of sp³-hybridized carbons (Fsp3) is 0.190. The van der Waals surface area contributed by atoms with Crippen LogP contribution in [0.5, 0.6) is 5.75 Å². The molecular formula is C21H20FN3O2S. The minimum absolute atomic E-state index is 0.0932. The Bertz CT molecular complexity index is 964. The lowest BCUT2D eigenvalue weighted by molar-refractivity contribution is -0.118. The van der Waals surface area contributed by atoms with E-state index < -0.39 is 0 Å². The van der Waals surface area contributed by atoms with Gasteiger partial charge in [0.2, 0.25) is 5.91 Å². The van der Waals surface area contributed by atoms with E-state index in [0.717, 1.165) is 17.0 Å². The Labute approximate surface area is 167 Å². The number of thioether (sulfide) groups is 1. The molecule has 2 aromatic carbocycles. The van der Waals surface area contributed by atoms with Crippen molar-refractivity contribution >= 4 is 17.7 Å². The Kier molecular flexibility index (Phi) is 6.60. The van der Waals surface area contributed by atoms with Gasteiger partial charge in [-0.25, -0.2) is 14.4 Å². The van der Waals surface area contributed by atoms with Gasteiger partial charge in [-0.3, -0.25) is 4.79 Å². The van der Waals surface area contributed by atoms with Gasteiger partial charge in [-0.1, -0.05) is 36.0 Å². The van der Waals surface area contributed by atoms with Crippen molar-refractivity contribution in [1.29, 1.82) is 0 Å². The van der Waals surface area contributed by atoms with Crippen LogP contribution in [0, 0.1) is 12.7 Å². The van der Waals surface area contributed by atoms with Crippen molar-refractivity contribution in [2.75, 3.05) is 12.9 Å². The number of aryl methyl sites for hydroxylation is 1. The summed E-state index contributed by atoms with van der Waals surface area (Å²) in [4.78, 5) is 21.0. The van der Waals surface area contributed by atoms with E-state index in [4.69, 9.17) is 4.74 Å². The van der Waals surface area contributed by atoms with Crippen LogP contribution in [0.4, 0.5) is 4.39 Å². The quantitative estimate of drug-likeness (QED) is 0.482. The molecule has 0 radical (unpaired) electrons. The van der Waals surface area contributed by atoms with E-state index in [2.05, 4.69) is 15.3 Å². The standard InChI is InChI=1S/C21H20FN3O2S/c1-14-10-20(25-21(24-14)16-4-3-5-17(22)11-16)28-13-19(26)23-12-15-6-8-18(27-2)9-7-15/h3-11H,12-13H2,1-2H3,(H,23,26). The number of methoxy groups -OCH3 is 1. The lowest BCUT2D eigenvalue weighted by atomic mass is 10.2. The summed E-state index contributed by atoms with van der Waals surface area (Å²) in [6.07, 6.45) is 0. The smallest absolute Gasteiger partial charge is 0.230 e. The minimum Gasteiger partial charge on any atom is -0.497 e. The number of carbonyl (C=O) groups excluding carboxylic acids is 1. The largest absolute Gasteiger partial charge is 0.497 e. The molecule has 1 N–H and O–H groups in total. The third-order valence-corrected chi connectivity index (χ3v) is 4.82. The van der Waals surface area contributed by atoms with E-state index >= 15 is 0 Å². The zero-order valence-corrected chi connectivity index (χ0v) is 16.4. The summed E-state index contributed by atoms with van der Waals surface area (Å²) in [5.41, 5.74) is 2.36. The highest BCUT2D eigenvalue weighted by molar-refractivity contribution is 7.99. The van der Waals surface area contributed by atoms with Gasteiger partial charge in [0, 0.05) is 17.8 Å². The number of benzene rings is 2. The van der Waals surface area contributed by atoms with Crippen LogP contribution in [-0.4, -0.2) is 28.7 Å². The van der Waals surface area contributed by atoms with Crippen molar-refractivity contribution in [3.05, 3.63) is 71.7 Å². The molecule has 1 amide bonds. The molecule has 5 nitrogen and oxygen atoms in total. The number of amides is 1. The molecule has 0 bridgehead atoms. The van der Waals surface area contributed by atoms with Crippen molar-refractivity contribution in [2.24, 2.45) is 0 Å². The molecule has 0 saturated carbocycles. The third kappa shape index (κ3) is 5.53. The van der Waals surface area contributed by atoms with Crippen LogP contribution in [0.3, 0.4) is 0 Å². The molecule has 3 aromatic rings. The van der Waals surface area contributed by atoms with Gasteiger partial charge < -0.3 is 10.1 Å². The molecule has 0 atom stereocenters. The van der Waals surface area contributed by atoms with Gasteiger partial charge in [0.15, 0.2) is 5.82 Å². The zero-order valence-electron chi connectivity index (χ0n) is 15.6. The van der Waals surface area contributed by atoms with Gasteiger partial charge in [-0.05, 0) is 42.8 Å². The average Bonchev–Trinajstić information content (AvgIpc) is 2.70. The van der Waals surface area contributed by atoms with Crippen molar-refractivity contribution in [2.45, 2.75) is 18.5 Å². The Morgan fingerprint density at radius 3 is 2.64 bits per heavy atom. The van der Waals surface area contributed by atoms with Crippen LogP contribution in [0.2, 0.25) is 0 Å². The fourth-order valence-electron chi connectivity index (χ4n) is 2.50. The van der Waals surface area contributed by atoms with E-state index in [-0.39, 0.29) is 17.5 Å². The molecule has 1 aromatic heterocycles. The highest BCUT2D eigenvalue weighted by atomic mass is 32.2. The number of rotatable bonds is 7. The lowest BCUT2D eigenvalue weighted by Gasteiger charge is -2.08. The maximum Gasteiger partial charge on any atom is 0.230 e. The molecule has 144 valence electrons. The number of hydrogen-bond acceptors (Lipinski definition) is 5. The van der Waals surface area contributed by atoms with Crippen LogP contribution >= 0.6 is 11.8 Å². The molecule has 28 heavy (non-hydrogen) atoms. The molecule has 0 aliphatic rings. The summed E-state index contributed by atoms with van der Waals surface area (Å²) >= 11 is 1.32. The number of nitrogens with zero attached hydrogens (tertiary/aromatic N) is 2. The molecule has 0 unspecified atom stereocenters. The molecule has 0 spiro atoms. The molecule has 1 heterocycles.